The van der Waals surface area contributed by atoms with Crippen LogP contribution in [-0.4, -0.2) is 51.9 Å². The molecule has 7 rings (SSSR count). The van der Waals surface area contributed by atoms with Crippen LogP contribution in [0.25, 0.3) is 33.5 Å². The van der Waals surface area contributed by atoms with E-state index in [2.05, 4.69) is 9.97 Å². The van der Waals surface area contributed by atoms with Crippen molar-refractivity contribution >= 4 is 29.1 Å². The Labute approximate surface area is 296 Å². The Morgan fingerprint density at radius 1 is 0.942 bits per heavy atom. The summed E-state index contributed by atoms with van der Waals surface area (Å²) in [6.45, 7) is 5.76. The topological polar surface area (TPSA) is 132 Å². The Balaban J connectivity index is 1.25. The predicted molar refractivity (Wildman–Crippen MR) is 191 cm³/mol. The van der Waals surface area contributed by atoms with Crippen LogP contribution in [0.4, 0.5) is 13.6 Å². The van der Waals surface area contributed by atoms with Crippen molar-refractivity contribution in [3.05, 3.63) is 129 Å². The third-order valence-electron chi connectivity index (χ3n) is 9.83. The van der Waals surface area contributed by atoms with Gasteiger partial charge >= 0.3 is 11.8 Å². The minimum Gasteiger partial charge on any atom is -0.465 e. The molecule has 52 heavy (non-hydrogen) atoms. The Morgan fingerprint density at radius 3 is 2.35 bits per heavy atom. The van der Waals surface area contributed by atoms with Gasteiger partial charge in [-0.2, -0.15) is 0 Å². The number of rotatable bonds is 7. The molecule has 13 heteroatoms. The van der Waals surface area contributed by atoms with Crippen molar-refractivity contribution in [3.63, 3.8) is 0 Å². The summed E-state index contributed by atoms with van der Waals surface area (Å²) < 4.78 is 32.6. The predicted octanol–water partition coefficient (Wildman–Crippen LogP) is 7.20. The summed E-state index contributed by atoms with van der Waals surface area (Å²) in [5.41, 5.74) is 1.51. The van der Waals surface area contributed by atoms with E-state index in [4.69, 9.17) is 0 Å². The number of carboxylic acid groups (broad SMARTS) is 1. The van der Waals surface area contributed by atoms with Crippen molar-refractivity contribution in [3.8, 4) is 16.8 Å². The van der Waals surface area contributed by atoms with Crippen molar-refractivity contribution < 1.29 is 23.5 Å². The molecule has 0 aliphatic heterocycles. The lowest BCUT2D eigenvalue weighted by atomic mass is 9.81. The van der Waals surface area contributed by atoms with E-state index in [1.807, 2.05) is 26.8 Å². The number of amides is 1. The van der Waals surface area contributed by atoms with E-state index >= 15 is 0 Å². The van der Waals surface area contributed by atoms with E-state index in [1.54, 1.807) is 48.7 Å². The second-order valence-corrected chi connectivity index (χ2v) is 14.3. The summed E-state index contributed by atoms with van der Waals surface area (Å²) in [4.78, 5) is 62.8. The van der Waals surface area contributed by atoms with Crippen LogP contribution in [0.3, 0.4) is 0 Å². The van der Waals surface area contributed by atoms with Gasteiger partial charge in [-0.15, -0.1) is 0 Å². The lowest BCUT2D eigenvalue weighted by Gasteiger charge is -2.44. The van der Waals surface area contributed by atoms with Crippen LogP contribution in [0.2, 0.25) is 0 Å². The minimum atomic E-state index is -1.14. The highest BCUT2D eigenvalue weighted by Gasteiger charge is 2.42. The van der Waals surface area contributed by atoms with E-state index in [0.717, 1.165) is 34.2 Å². The molecule has 1 fully saturated rings. The van der Waals surface area contributed by atoms with E-state index in [1.165, 1.54) is 32.2 Å². The number of aromatic nitrogens is 5. The molecule has 4 heterocycles. The fraction of sp³-hybridized carbons (Fsp3) is 0.282. The summed E-state index contributed by atoms with van der Waals surface area (Å²) in [6, 6.07) is 16.2. The van der Waals surface area contributed by atoms with E-state index in [9.17, 15) is 33.1 Å². The largest absolute Gasteiger partial charge is 0.465 e. The molecule has 266 valence electrons. The highest BCUT2D eigenvalue weighted by Crippen LogP contribution is 2.42. The summed E-state index contributed by atoms with van der Waals surface area (Å²) in [5.74, 6) is -1.18. The molecule has 0 bridgehead atoms. The standard InChI is InChI=1S/C39H36F2N6O5/c1-39(2,3)34(32-21-44-20-26(40)11-16-33(44)43-32)45(38(51)52)28-12-14-29(15-13-28)47-36(49)31-18-27(41)19-42-35(31)46(37(47)50)30-6-4-5-25(17-30)24-9-7-23(22-48)8-10-24/h4-11,16-22,28-29,34H,12-15H2,1-3H3,(H,51,52)/t28-,29+,34?. The highest BCUT2D eigenvalue weighted by atomic mass is 19.1. The lowest BCUT2D eigenvalue weighted by Crippen LogP contribution is -2.49. The molecule has 0 saturated heterocycles. The monoisotopic (exact) mass is 706 g/mol. The number of pyridine rings is 2. The van der Waals surface area contributed by atoms with Crippen LogP contribution >= 0.6 is 0 Å². The number of hydrogen-bond donors (Lipinski definition) is 1. The average molecular weight is 707 g/mol. The number of carbonyl (C=O) groups excluding carboxylic acids is 1. The molecular weight excluding hydrogens is 670 g/mol. The maximum atomic E-state index is 14.6. The van der Waals surface area contributed by atoms with Crippen LogP contribution in [-0.2, 0) is 0 Å². The van der Waals surface area contributed by atoms with E-state index in [-0.39, 0.29) is 11.0 Å². The number of halogens is 2. The smallest absolute Gasteiger partial charge is 0.408 e. The SMILES string of the molecule is CC(C)(C)C(c1cn2cc(F)ccc2n1)N(C(=O)O)[C@H]1CC[C@@H](n2c(=O)c3cc(F)cnc3n(-c3cccc(-c4ccc(C=O)cc4)c3)c2=O)CC1. The van der Waals surface area contributed by atoms with Crippen molar-refractivity contribution in [2.24, 2.45) is 5.41 Å². The van der Waals surface area contributed by atoms with Gasteiger partial charge in [0, 0.05) is 30.0 Å². The zero-order chi connectivity index (χ0) is 36.9. The molecule has 4 aromatic heterocycles. The first-order valence-electron chi connectivity index (χ1n) is 17.0. The van der Waals surface area contributed by atoms with Crippen molar-refractivity contribution in [1.82, 2.24) is 28.4 Å². The third-order valence-corrected chi connectivity index (χ3v) is 9.83. The number of benzene rings is 2. The first-order chi connectivity index (χ1) is 24.8. The van der Waals surface area contributed by atoms with Crippen molar-refractivity contribution in [2.45, 2.75) is 64.6 Å². The van der Waals surface area contributed by atoms with Gasteiger partial charge in [-0.05, 0) is 72.6 Å². The van der Waals surface area contributed by atoms with Gasteiger partial charge in [-0.25, -0.2) is 32.9 Å². The van der Waals surface area contributed by atoms with Gasteiger partial charge in [0.25, 0.3) is 5.56 Å². The molecule has 1 atom stereocenters. The highest BCUT2D eigenvalue weighted by molar-refractivity contribution is 5.78. The number of carbonyl (C=O) groups is 2. The maximum Gasteiger partial charge on any atom is 0.408 e. The molecule has 2 aromatic carbocycles. The van der Waals surface area contributed by atoms with E-state index < -0.39 is 52.5 Å². The van der Waals surface area contributed by atoms with Crippen LogP contribution in [0.5, 0.6) is 0 Å². The molecule has 11 nitrogen and oxygen atoms in total. The number of fused-ring (bicyclic) bond motifs is 2. The van der Waals surface area contributed by atoms with E-state index in [0.29, 0.717) is 48.3 Å². The fourth-order valence-electron chi connectivity index (χ4n) is 7.51. The van der Waals surface area contributed by atoms with Crippen LogP contribution in [0.15, 0.2) is 94.9 Å². The lowest BCUT2D eigenvalue weighted by molar-refractivity contribution is 0.0350. The second-order valence-electron chi connectivity index (χ2n) is 14.3. The molecular formula is C39H36F2N6O5. The van der Waals surface area contributed by atoms with Gasteiger partial charge in [0.05, 0.1) is 29.0 Å². The molecule has 1 unspecified atom stereocenters. The first kappa shape index (κ1) is 34.5. The third kappa shape index (κ3) is 6.27. The second kappa shape index (κ2) is 13.3. The summed E-state index contributed by atoms with van der Waals surface area (Å²) in [5, 5.41) is 10.5. The zero-order valence-electron chi connectivity index (χ0n) is 28.7. The van der Waals surface area contributed by atoms with Gasteiger partial charge < -0.3 is 9.51 Å². The Bertz CT molecular complexity index is 2460. The van der Waals surface area contributed by atoms with Gasteiger partial charge in [0.15, 0.2) is 5.65 Å². The summed E-state index contributed by atoms with van der Waals surface area (Å²) in [6.07, 6.45) is 4.78. The van der Waals surface area contributed by atoms with Gasteiger partial charge in [0.2, 0.25) is 0 Å². The number of aldehydes is 1. The van der Waals surface area contributed by atoms with Crippen LogP contribution < -0.4 is 11.2 Å². The quantitative estimate of drug-likeness (QED) is 0.174. The molecule has 1 aliphatic rings. The molecule has 0 spiro atoms. The summed E-state index contributed by atoms with van der Waals surface area (Å²) in [7, 11) is 0. The Morgan fingerprint density at radius 2 is 1.67 bits per heavy atom. The molecule has 0 radical (unpaired) electrons. The molecule has 1 N–H and O–H groups in total. The van der Waals surface area contributed by atoms with Crippen molar-refractivity contribution in [1.29, 1.82) is 0 Å². The number of imidazole rings is 1. The summed E-state index contributed by atoms with van der Waals surface area (Å²) >= 11 is 0. The van der Waals surface area contributed by atoms with Gasteiger partial charge in [-0.3, -0.25) is 19.1 Å². The Kier molecular flexibility index (Phi) is 8.81. The number of hydrogen-bond acceptors (Lipinski definition) is 6. The van der Waals surface area contributed by atoms with Gasteiger partial charge in [-0.1, -0.05) is 57.2 Å². The minimum absolute atomic E-state index is 0.00666. The van der Waals surface area contributed by atoms with Gasteiger partial charge in [0.1, 0.15) is 23.6 Å². The molecule has 1 aliphatic carbocycles. The average Bonchev–Trinajstić information content (AvgIpc) is 3.53. The Hall–Kier alpha value is -5.98. The first-order valence-corrected chi connectivity index (χ1v) is 17.0. The molecule has 6 aromatic rings. The maximum absolute atomic E-state index is 14.6. The molecule has 1 saturated carbocycles. The van der Waals surface area contributed by atoms with Crippen LogP contribution in [0.1, 0.15) is 74.6 Å². The van der Waals surface area contributed by atoms with Crippen LogP contribution in [0, 0.1) is 17.0 Å². The van der Waals surface area contributed by atoms with Crippen molar-refractivity contribution in [2.75, 3.05) is 0 Å². The normalized spacial score (nSPS) is 16.9. The zero-order valence-corrected chi connectivity index (χ0v) is 28.7. The fourth-order valence-corrected chi connectivity index (χ4v) is 7.51. The number of nitrogens with zero attached hydrogens (tertiary/aromatic N) is 6. The molecule has 1 amide bonds.